The molecule has 1 saturated carbocycles. The van der Waals surface area contributed by atoms with E-state index >= 15 is 0 Å². The van der Waals surface area contributed by atoms with E-state index < -0.39 is 5.60 Å². The summed E-state index contributed by atoms with van der Waals surface area (Å²) in [5, 5.41) is 11.4. The fraction of sp³-hybridized carbons (Fsp3) is 0.700. The van der Waals surface area contributed by atoms with Gasteiger partial charge in [0.05, 0.1) is 12.7 Å². The van der Waals surface area contributed by atoms with E-state index in [0.29, 0.717) is 6.04 Å². The van der Waals surface area contributed by atoms with Crippen LogP contribution in [0.3, 0.4) is 0 Å². The van der Waals surface area contributed by atoms with Crippen molar-refractivity contribution in [2.24, 2.45) is 5.41 Å². The molecule has 4 heteroatoms. The van der Waals surface area contributed by atoms with Crippen LogP contribution in [0.4, 0.5) is 0 Å². The van der Waals surface area contributed by atoms with E-state index in [4.69, 9.17) is 4.74 Å². The molecule has 3 nitrogen and oxygen atoms in total. The predicted molar refractivity (Wildman–Crippen MR) is 101 cm³/mol. The number of aliphatic hydroxyl groups is 1. The van der Waals surface area contributed by atoms with Gasteiger partial charge in [0.25, 0.3) is 0 Å². The Morgan fingerprint density at radius 2 is 1.79 bits per heavy atom. The lowest BCUT2D eigenvalue weighted by Gasteiger charge is -2.57. The lowest BCUT2D eigenvalue weighted by atomic mass is 9.59. The van der Waals surface area contributed by atoms with Gasteiger partial charge in [0.1, 0.15) is 5.75 Å². The maximum absolute atomic E-state index is 11.4. The van der Waals surface area contributed by atoms with Gasteiger partial charge in [0, 0.05) is 18.0 Å². The Hall–Kier alpha value is -0.770. The van der Waals surface area contributed by atoms with Crippen LogP contribution >= 0.6 is 12.4 Å². The second kappa shape index (κ2) is 7.63. The number of hydrogen-bond donors (Lipinski definition) is 1. The molecular weight excluding hydrogens is 322 g/mol. The third kappa shape index (κ3) is 3.18. The Balaban J connectivity index is 0.00000208. The predicted octanol–water partition coefficient (Wildman–Crippen LogP) is 4.07. The van der Waals surface area contributed by atoms with Crippen LogP contribution in [0, 0.1) is 5.41 Å². The maximum Gasteiger partial charge on any atom is 0.118 e. The molecule has 1 spiro atoms. The first-order valence-electron chi connectivity index (χ1n) is 9.10. The third-order valence-electron chi connectivity index (χ3n) is 6.64. The lowest BCUT2D eigenvalue weighted by molar-refractivity contribution is -0.160. The Morgan fingerprint density at radius 3 is 2.33 bits per heavy atom. The Morgan fingerprint density at radius 1 is 1.17 bits per heavy atom. The first-order chi connectivity index (χ1) is 11.0. The summed E-state index contributed by atoms with van der Waals surface area (Å²) in [6.07, 6.45) is 7.66. The SMILES string of the molecule is CCC1(O)CCN(C)C(Cc2ccc(OC)cc2)C12CCCC2.Cl. The lowest BCUT2D eigenvalue weighted by Crippen LogP contribution is -2.64. The minimum atomic E-state index is -0.493. The normalized spacial score (nSPS) is 29.4. The number of nitrogens with zero attached hydrogens (tertiary/aromatic N) is 1. The van der Waals surface area contributed by atoms with Crippen LogP contribution in [0.15, 0.2) is 24.3 Å². The number of halogens is 1. The summed E-state index contributed by atoms with van der Waals surface area (Å²) < 4.78 is 5.27. The number of ether oxygens (including phenoxy) is 1. The number of piperidine rings is 1. The second-order valence-electron chi connectivity index (χ2n) is 7.55. The second-order valence-corrected chi connectivity index (χ2v) is 7.55. The van der Waals surface area contributed by atoms with E-state index in [-0.39, 0.29) is 17.8 Å². The van der Waals surface area contributed by atoms with E-state index in [0.717, 1.165) is 31.6 Å². The number of hydrogen-bond acceptors (Lipinski definition) is 3. The molecule has 1 saturated heterocycles. The van der Waals surface area contributed by atoms with E-state index in [1.807, 2.05) is 12.1 Å². The smallest absolute Gasteiger partial charge is 0.118 e. The summed E-state index contributed by atoms with van der Waals surface area (Å²) >= 11 is 0. The topological polar surface area (TPSA) is 32.7 Å². The van der Waals surface area contributed by atoms with Crippen molar-refractivity contribution in [3.8, 4) is 5.75 Å². The van der Waals surface area contributed by atoms with Gasteiger partial charge in [-0.15, -0.1) is 12.4 Å². The van der Waals surface area contributed by atoms with Crippen LogP contribution in [0.1, 0.15) is 51.0 Å². The molecule has 0 radical (unpaired) electrons. The molecule has 24 heavy (non-hydrogen) atoms. The van der Waals surface area contributed by atoms with Crippen LogP contribution in [0.5, 0.6) is 5.75 Å². The fourth-order valence-electron chi connectivity index (χ4n) is 5.17. The van der Waals surface area contributed by atoms with Gasteiger partial charge in [-0.2, -0.15) is 0 Å². The minimum Gasteiger partial charge on any atom is -0.497 e. The number of likely N-dealkylation sites (N-methyl/N-ethyl adjacent to an activating group) is 1. The number of likely N-dealkylation sites (tertiary alicyclic amines) is 1. The quantitative estimate of drug-likeness (QED) is 0.885. The fourth-order valence-corrected chi connectivity index (χ4v) is 5.17. The van der Waals surface area contributed by atoms with Crippen molar-refractivity contribution in [2.75, 3.05) is 20.7 Å². The molecule has 1 aromatic carbocycles. The number of rotatable bonds is 4. The molecule has 1 aliphatic carbocycles. The highest BCUT2D eigenvalue weighted by Gasteiger charge is 2.58. The molecule has 3 rings (SSSR count). The largest absolute Gasteiger partial charge is 0.497 e. The highest BCUT2D eigenvalue weighted by Crippen LogP contribution is 2.56. The first kappa shape index (κ1) is 19.6. The molecular formula is C20H32ClNO2. The van der Waals surface area contributed by atoms with E-state index in [1.165, 1.54) is 31.2 Å². The molecule has 1 heterocycles. The van der Waals surface area contributed by atoms with E-state index in [9.17, 15) is 5.11 Å². The molecule has 2 atom stereocenters. The highest BCUT2D eigenvalue weighted by atomic mass is 35.5. The summed E-state index contributed by atoms with van der Waals surface area (Å²) in [6.45, 7) is 3.16. The molecule has 1 aliphatic heterocycles. The van der Waals surface area contributed by atoms with Gasteiger partial charge in [-0.05, 0) is 56.8 Å². The zero-order chi connectivity index (χ0) is 16.5. The Labute approximate surface area is 152 Å². The molecule has 136 valence electrons. The molecule has 2 fully saturated rings. The van der Waals surface area contributed by atoms with Crippen molar-refractivity contribution in [1.29, 1.82) is 0 Å². The summed E-state index contributed by atoms with van der Waals surface area (Å²) in [5.41, 5.74) is 0.913. The van der Waals surface area contributed by atoms with E-state index in [1.54, 1.807) is 7.11 Å². The van der Waals surface area contributed by atoms with Gasteiger partial charge in [-0.1, -0.05) is 31.9 Å². The minimum absolute atomic E-state index is 0. The first-order valence-corrected chi connectivity index (χ1v) is 9.10. The molecule has 0 bridgehead atoms. The molecule has 0 aromatic heterocycles. The van der Waals surface area contributed by atoms with Gasteiger partial charge in [-0.3, -0.25) is 0 Å². The van der Waals surface area contributed by atoms with Crippen LogP contribution in [-0.4, -0.2) is 42.4 Å². The molecule has 1 N–H and O–H groups in total. The number of benzene rings is 1. The van der Waals surface area contributed by atoms with Crippen LogP contribution in [0.25, 0.3) is 0 Å². The Bertz CT molecular complexity index is 527. The summed E-state index contributed by atoms with van der Waals surface area (Å²) in [5.74, 6) is 0.909. The van der Waals surface area contributed by atoms with Gasteiger partial charge in [0.2, 0.25) is 0 Å². The average molecular weight is 354 g/mol. The van der Waals surface area contributed by atoms with Crippen molar-refractivity contribution >= 4 is 12.4 Å². The van der Waals surface area contributed by atoms with Gasteiger partial charge >= 0.3 is 0 Å². The average Bonchev–Trinajstić information content (AvgIpc) is 3.07. The van der Waals surface area contributed by atoms with Crippen molar-refractivity contribution in [3.05, 3.63) is 29.8 Å². The van der Waals surface area contributed by atoms with Gasteiger partial charge in [0.15, 0.2) is 0 Å². The summed E-state index contributed by atoms with van der Waals surface area (Å²) in [4.78, 5) is 2.50. The van der Waals surface area contributed by atoms with Crippen molar-refractivity contribution in [3.63, 3.8) is 0 Å². The van der Waals surface area contributed by atoms with Crippen molar-refractivity contribution < 1.29 is 9.84 Å². The van der Waals surface area contributed by atoms with Gasteiger partial charge in [-0.25, -0.2) is 0 Å². The standard InChI is InChI=1S/C20H31NO2.ClH/c1-4-20(22)13-14-21(2)18(19(20)11-5-6-12-19)15-16-7-9-17(23-3)10-8-16;/h7-10,18,22H,4-6,11-15H2,1-3H3;1H. The monoisotopic (exact) mass is 353 g/mol. The number of methoxy groups -OCH3 is 1. The zero-order valence-electron chi connectivity index (χ0n) is 15.3. The summed E-state index contributed by atoms with van der Waals surface area (Å²) in [6, 6.07) is 8.87. The Kier molecular flexibility index (Phi) is 6.22. The van der Waals surface area contributed by atoms with Crippen molar-refractivity contribution in [2.45, 2.75) is 63.5 Å². The summed E-state index contributed by atoms with van der Waals surface area (Å²) in [7, 11) is 3.95. The van der Waals surface area contributed by atoms with Gasteiger partial charge < -0.3 is 14.7 Å². The molecule has 2 aliphatic rings. The third-order valence-corrected chi connectivity index (χ3v) is 6.64. The van der Waals surface area contributed by atoms with Crippen molar-refractivity contribution in [1.82, 2.24) is 4.90 Å². The molecule has 1 aromatic rings. The van der Waals surface area contributed by atoms with Crippen LogP contribution in [-0.2, 0) is 6.42 Å². The maximum atomic E-state index is 11.4. The molecule has 0 amide bonds. The van der Waals surface area contributed by atoms with Crippen LogP contribution < -0.4 is 4.74 Å². The molecule has 2 unspecified atom stereocenters. The zero-order valence-corrected chi connectivity index (χ0v) is 16.1. The van der Waals surface area contributed by atoms with Crippen LogP contribution in [0.2, 0.25) is 0 Å². The highest BCUT2D eigenvalue weighted by molar-refractivity contribution is 5.85. The van der Waals surface area contributed by atoms with E-state index in [2.05, 4.69) is 31.0 Å².